The van der Waals surface area contributed by atoms with Crippen LogP contribution in [0.5, 0.6) is 0 Å². The molecule has 0 atom stereocenters. The van der Waals surface area contributed by atoms with Crippen molar-refractivity contribution in [3.63, 3.8) is 0 Å². The molecule has 3 aromatic rings. The first-order valence-electron chi connectivity index (χ1n) is 8.38. The van der Waals surface area contributed by atoms with Crippen LogP contribution in [0.4, 0.5) is 5.69 Å². The van der Waals surface area contributed by atoms with Gasteiger partial charge in [-0.1, -0.05) is 30.3 Å². The zero-order valence-electron chi connectivity index (χ0n) is 13.9. The maximum absolute atomic E-state index is 12.5. The monoisotopic (exact) mass is 450 g/mol. The summed E-state index contributed by atoms with van der Waals surface area (Å²) in [7, 11) is 0. The van der Waals surface area contributed by atoms with E-state index in [2.05, 4.69) is 46.1 Å². The summed E-state index contributed by atoms with van der Waals surface area (Å²) in [5.74, 6) is -0.392. The Balaban J connectivity index is 1.70. The van der Waals surface area contributed by atoms with Crippen LogP contribution in [0, 0.1) is 14.9 Å². The first-order valence-corrected chi connectivity index (χ1v) is 9.46. The summed E-state index contributed by atoms with van der Waals surface area (Å²) in [5.41, 5.74) is 4.37. The van der Waals surface area contributed by atoms with Crippen LogP contribution in [0.15, 0.2) is 60.2 Å². The average Bonchev–Trinajstić information content (AvgIpc) is 3.08. The summed E-state index contributed by atoms with van der Waals surface area (Å²) in [5, 5.41) is 14.7. The lowest BCUT2D eigenvalue weighted by Gasteiger charge is -2.07. The zero-order chi connectivity index (χ0) is 18.1. The molecule has 0 unspecified atom stereocenters. The lowest BCUT2D eigenvalue weighted by Crippen LogP contribution is -2.13. The molecule has 4 heteroatoms. The summed E-state index contributed by atoms with van der Waals surface area (Å²) < 4.78 is 1.09. The van der Waals surface area contributed by atoms with Crippen molar-refractivity contribution >= 4 is 51.0 Å². The molecule has 1 aliphatic carbocycles. The summed E-state index contributed by atoms with van der Waals surface area (Å²) >= 11 is 2.21. The largest absolute Gasteiger partial charge is 0.321 e. The van der Waals surface area contributed by atoms with Crippen molar-refractivity contribution in [3.8, 4) is 6.07 Å². The van der Waals surface area contributed by atoms with Crippen molar-refractivity contribution < 1.29 is 4.79 Å². The molecule has 26 heavy (non-hydrogen) atoms. The van der Waals surface area contributed by atoms with E-state index >= 15 is 0 Å². The van der Waals surface area contributed by atoms with Crippen LogP contribution in [-0.4, -0.2) is 5.91 Å². The zero-order valence-corrected chi connectivity index (χ0v) is 16.1. The fourth-order valence-corrected chi connectivity index (χ4v) is 3.79. The van der Waals surface area contributed by atoms with Crippen LogP contribution in [0.25, 0.3) is 16.8 Å². The molecule has 1 N–H and O–H groups in total. The van der Waals surface area contributed by atoms with Gasteiger partial charge in [0.25, 0.3) is 5.91 Å². The summed E-state index contributed by atoms with van der Waals surface area (Å²) in [6, 6.07) is 19.9. The second kappa shape index (κ2) is 6.93. The number of benzene rings is 3. The van der Waals surface area contributed by atoms with E-state index in [-0.39, 0.29) is 5.57 Å². The van der Waals surface area contributed by atoms with Crippen molar-refractivity contribution in [3.05, 3.63) is 80.4 Å². The SMILES string of the molecule is N#C/C(=C/c1ccc2c3c(cccc13)CC2)C(=O)Nc1ccc(I)cc1. The number of aryl methyl sites for hydroxylation is 2. The second-order valence-corrected chi connectivity index (χ2v) is 7.53. The first-order chi connectivity index (χ1) is 12.7. The van der Waals surface area contributed by atoms with E-state index < -0.39 is 5.91 Å². The first kappa shape index (κ1) is 16.8. The van der Waals surface area contributed by atoms with Crippen LogP contribution in [0.2, 0.25) is 0 Å². The molecule has 1 amide bonds. The third-order valence-electron chi connectivity index (χ3n) is 4.68. The molecule has 0 aromatic heterocycles. The van der Waals surface area contributed by atoms with Crippen LogP contribution >= 0.6 is 22.6 Å². The van der Waals surface area contributed by atoms with E-state index in [9.17, 15) is 10.1 Å². The Morgan fingerprint density at radius 3 is 2.50 bits per heavy atom. The normalized spacial score (nSPS) is 12.8. The highest BCUT2D eigenvalue weighted by molar-refractivity contribution is 14.1. The third-order valence-corrected chi connectivity index (χ3v) is 5.40. The fourth-order valence-electron chi connectivity index (χ4n) is 3.43. The number of carbonyl (C=O) groups is 1. The Hall–Kier alpha value is -2.65. The Morgan fingerprint density at radius 1 is 1.04 bits per heavy atom. The van der Waals surface area contributed by atoms with Gasteiger partial charge in [0, 0.05) is 9.26 Å². The Bertz CT molecular complexity index is 1080. The van der Waals surface area contributed by atoms with Crippen LogP contribution in [0.1, 0.15) is 16.7 Å². The van der Waals surface area contributed by atoms with Gasteiger partial charge in [-0.05, 0) is 93.2 Å². The van der Waals surface area contributed by atoms with Gasteiger partial charge in [-0.2, -0.15) is 5.26 Å². The van der Waals surface area contributed by atoms with E-state index in [0.717, 1.165) is 27.4 Å². The van der Waals surface area contributed by atoms with Crippen molar-refractivity contribution in [1.82, 2.24) is 0 Å². The number of nitrogens with zero attached hydrogens (tertiary/aromatic N) is 1. The van der Waals surface area contributed by atoms with Crippen molar-refractivity contribution in [2.24, 2.45) is 0 Å². The van der Waals surface area contributed by atoms with E-state index in [0.29, 0.717) is 5.69 Å². The number of hydrogen-bond donors (Lipinski definition) is 1. The van der Waals surface area contributed by atoms with Crippen molar-refractivity contribution in [2.75, 3.05) is 5.32 Å². The van der Waals surface area contributed by atoms with Gasteiger partial charge in [0.1, 0.15) is 11.6 Å². The molecule has 0 heterocycles. The number of nitriles is 1. The van der Waals surface area contributed by atoms with Gasteiger partial charge in [0.05, 0.1) is 0 Å². The molecule has 4 rings (SSSR count). The van der Waals surface area contributed by atoms with Gasteiger partial charge in [0.15, 0.2) is 0 Å². The Labute approximate surface area is 165 Å². The molecule has 0 bridgehead atoms. The van der Waals surface area contributed by atoms with Crippen LogP contribution in [0.3, 0.4) is 0 Å². The highest BCUT2D eigenvalue weighted by Gasteiger charge is 2.16. The Morgan fingerprint density at radius 2 is 1.77 bits per heavy atom. The maximum atomic E-state index is 12.5. The number of nitrogens with one attached hydrogen (secondary N) is 1. The van der Waals surface area contributed by atoms with Crippen LogP contribution < -0.4 is 5.32 Å². The average molecular weight is 450 g/mol. The lowest BCUT2D eigenvalue weighted by molar-refractivity contribution is -0.112. The smallest absolute Gasteiger partial charge is 0.266 e. The fraction of sp³-hybridized carbons (Fsp3) is 0.0909. The molecule has 3 nitrogen and oxygen atoms in total. The van der Waals surface area contributed by atoms with Gasteiger partial charge in [0.2, 0.25) is 0 Å². The quantitative estimate of drug-likeness (QED) is 0.344. The second-order valence-electron chi connectivity index (χ2n) is 6.28. The molecule has 126 valence electrons. The molecule has 1 aliphatic rings. The van der Waals surface area contributed by atoms with Gasteiger partial charge < -0.3 is 5.32 Å². The van der Waals surface area contributed by atoms with Gasteiger partial charge in [-0.15, -0.1) is 0 Å². The predicted molar refractivity (Wildman–Crippen MR) is 113 cm³/mol. The van der Waals surface area contributed by atoms with Gasteiger partial charge in [-0.3, -0.25) is 4.79 Å². The third kappa shape index (κ3) is 3.11. The molecule has 0 saturated carbocycles. The summed E-state index contributed by atoms with van der Waals surface area (Å²) in [6.45, 7) is 0. The maximum Gasteiger partial charge on any atom is 0.266 e. The number of carbonyl (C=O) groups excluding carboxylic acids is 1. The predicted octanol–water partition coefficient (Wildman–Crippen LogP) is 5.09. The summed E-state index contributed by atoms with van der Waals surface area (Å²) in [4.78, 5) is 12.5. The molecule has 0 aliphatic heterocycles. The topological polar surface area (TPSA) is 52.9 Å². The number of anilines is 1. The molecule has 0 radical (unpaired) electrons. The number of amides is 1. The minimum atomic E-state index is -0.392. The summed E-state index contributed by atoms with van der Waals surface area (Å²) in [6.07, 6.45) is 3.79. The highest BCUT2D eigenvalue weighted by atomic mass is 127. The molecule has 0 spiro atoms. The lowest BCUT2D eigenvalue weighted by atomic mass is 9.98. The van der Waals surface area contributed by atoms with Crippen molar-refractivity contribution in [2.45, 2.75) is 12.8 Å². The molecular formula is C22H15IN2O. The number of halogens is 1. The Kier molecular flexibility index (Phi) is 4.48. The van der Waals surface area contributed by atoms with E-state index in [1.54, 1.807) is 6.08 Å². The van der Waals surface area contributed by atoms with Gasteiger partial charge >= 0.3 is 0 Å². The molecule has 3 aromatic carbocycles. The van der Waals surface area contributed by atoms with Gasteiger partial charge in [-0.25, -0.2) is 0 Å². The van der Waals surface area contributed by atoms with Crippen LogP contribution in [-0.2, 0) is 17.6 Å². The van der Waals surface area contributed by atoms with E-state index in [4.69, 9.17) is 0 Å². The molecular weight excluding hydrogens is 435 g/mol. The minimum absolute atomic E-state index is 0.0993. The standard InChI is InChI=1S/C22H15IN2O/c23-18-8-10-19(11-9-18)25-22(26)17(13-24)12-16-7-6-15-5-4-14-2-1-3-20(16)21(14)15/h1-3,6-12H,4-5H2,(H,25,26)/b17-12-. The van der Waals surface area contributed by atoms with E-state index in [1.165, 1.54) is 16.5 Å². The number of hydrogen-bond acceptors (Lipinski definition) is 2. The molecule has 0 saturated heterocycles. The minimum Gasteiger partial charge on any atom is -0.321 e. The molecule has 0 fully saturated rings. The number of rotatable bonds is 3. The van der Waals surface area contributed by atoms with E-state index in [1.807, 2.05) is 42.5 Å². The van der Waals surface area contributed by atoms with Crippen molar-refractivity contribution in [1.29, 1.82) is 5.26 Å². The highest BCUT2D eigenvalue weighted by Crippen LogP contribution is 2.33.